The quantitative estimate of drug-likeness (QED) is 0.223. The molecule has 3 saturated carbocycles. The highest BCUT2D eigenvalue weighted by Crippen LogP contribution is 2.55. The number of halogens is 6. The lowest BCUT2D eigenvalue weighted by molar-refractivity contribution is -0.244. The Morgan fingerprint density at radius 3 is 1.69 bits per heavy atom. The minimum atomic E-state index is -6.92. The first-order chi connectivity index (χ1) is 18.2. The van der Waals surface area contributed by atoms with Gasteiger partial charge in [0.15, 0.2) is 0 Å². The van der Waals surface area contributed by atoms with Crippen LogP contribution in [0.25, 0.3) is 0 Å². The van der Waals surface area contributed by atoms with Gasteiger partial charge in [0, 0.05) is 4.91 Å². The normalized spacial score (nSPS) is 26.9. The van der Waals surface area contributed by atoms with Crippen LogP contribution in [-0.2, 0) is 20.9 Å². The summed E-state index contributed by atoms with van der Waals surface area (Å²) in [6, 6.07) is 0. The molecule has 0 aromatic rings. The smallest absolute Gasteiger partial charge is 0.281 e. The molecule has 1 N–H and O–H groups in total. The Bertz CT molecular complexity index is 1080. The Hall–Kier alpha value is -0.880. The predicted molar refractivity (Wildman–Crippen MR) is 137 cm³/mol. The first kappa shape index (κ1) is 31.1. The van der Waals surface area contributed by atoms with E-state index in [1.165, 1.54) is 0 Å². The van der Waals surface area contributed by atoms with Crippen LogP contribution >= 0.6 is 0 Å². The van der Waals surface area contributed by atoms with Crippen molar-refractivity contribution in [1.82, 2.24) is 0 Å². The van der Waals surface area contributed by atoms with Gasteiger partial charge in [-0.05, 0) is 74.2 Å². The van der Waals surface area contributed by atoms with Crippen molar-refractivity contribution >= 4 is 20.9 Å². The Balaban J connectivity index is 1.87. The molecule has 0 heterocycles. The van der Waals surface area contributed by atoms with Crippen molar-refractivity contribution in [3.63, 3.8) is 0 Å². The molecule has 39 heavy (non-hydrogen) atoms. The van der Waals surface area contributed by atoms with E-state index in [9.17, 15) is 30.2 Å². The van der Waals surface area contributed by atoms with Crippen molar-refractivity contribution in [2.75, 3.05) is 0 Å². The molecule has 4 rings (SSSR count). The summed E-state index contributed by atoms with van der Waals surface area (Å²) in [4.78, 5) is -0.413. The zero-order valence-electron chi connectivity index (χ0n) is 22.0. The van der Waals surface area contributed by atoms with Gasteiger partial charge in [-0.1, -0.05) is 69.4 Å². The van der Waals surface area contributed by atoms with Gasteiger partial charge in [0.2, 0.25) is 0 Å². The third-order valence-electron chi connectivity index (χ3n) is 9.30. The van der Waals surface area contributed by atoms with Crippen LogP contribution in [0.4, 0.5) is 26.3 Å². The second-order valence-corrected chi connectivity index (χ2v) is 14.7. The molecule has 2 atom stereocenters. The number of allylic oxidation sites excluding steroid dienone is 4. The van der Waals surface area contributed by atoms with E-state index in [1.54, 1.807) is 6.08 Å². The monoisotopic (exact) mass is 604 g/mol. The molecule has 224 valence electrons. The SMILES string of the molecule is O=S(C1=C(C2CCCCC2)C=C(C2CCCCC2)CC1C1CCCCC1)C(F)(F)C(F)(F)C(F)(F)S(=O)(=O)O. The van der Waals surface area contributed by atoms with E-state index in [4.69, 9.17) is 4.55 Å². The van der Waals surface area contributed by atoms with E-state index in [-0.39, 0.29) is 24.2 Å². The largest absolute Gasteiger partial charge is 0.439 e. The highest BCUT2D eigenvalue weighted by molar-refractivity contribution is 7.90. The molecule has 2 unspecified atom stereocenters. The summed E-state index contributed by atoms with van der Waals surface area (Å²) >= 11 is 0. The van der Waals surface area contributed by atoms with E-state index < -0.39 is 48.2 Å². The van der Waals surface area contributed by atoms with Crippen LogP contribution in [0.1, 0.15) is 103 Å². The van der Waals surface area contributed by atoms with Crippen molar-refractivity contribution in [2.24, 2.45) is 23.7 Å². The summed E-state index contributed by atoms with van der Waals surface area (Å²) < 4.78 is 133. The summed E-state index contributed by atoms with van der Waals surface area (Å²) in [6.07, 6.45) is 14.5. The molecule has 0 spiro atoms. The van der Waals surface area contributed by atoms with E-state index in [2.05, 4.69) is 0 Å². The van der Waals surface area contributed by atoms with Gasteiger partial charge in [-0.2, -0.15) is 34.8 Å². The number of alkyl halides is 6. The van der Waals surface area contributed by atoms with Crippen molar-refractivity contribution in [3.05, 3.63) is 22.1 Å². The Labute approximate surface area is 229 Å². The fourth-order valence-electron chi connectivity index (χ4n) is 7.13. The lowest BCUT2D eigenvalue weighted by Gasteiger charge is -2.41. The van der Waals surface area contributed by atoms with Crippen LogP contribution < -0.4 is 0 Å². The molecule has 0 bridgehead atoms. The minimum Gasteiger partial charge on any atom is -0.281 e. The fraction of sp³-hybridized carbons (Fsp3) is 0.852. The van der Waals surface area contributed by atoms with Crippen molar-refractivity contribution in [3.8, 4) is 0 Å². The molecule has 3 fully saturated rings. The maximum Gasteiger partial charge on any atom is 0.439 e. The molecule has 0 radical (unpaired) electrons. The zero-order chi connectivity index (χ0) is 28.6. The average Bonchev–Trinajstić information content (AvgIpc) is 2.92. The molecule has 4 aliphatic carbocycles. The van der Waals surface area contributed by atoms with Gasteiger partial charge >= 0.3 is 26.5 Å². The lowest BCUT2D eigenvalue weighted by Crippen LogP contribution is -2.59. The first-order valence-electron chi connectivity index (χ1n) is 14.2. The van der Waals surface area contributed by atoms with E-state index >= 15 is 8.78 Å². The van der Waals surface area contributed by atoms with Gasteiger partial charge in [0.25, 0.3) is 0 Å². The van der Waals surface area contributed by atoms with Gasteiger partial charge in [-0.3, -0.25) is 4.55 Å². The molecular formula is C27H38F6O4S2. The van der Waals surface area contributed by atoms with Crippen molar-refractivity contribution < 1.29 is 43.5 Å². The highest BCUT2D eigenvalue weighted by Gasteiger charge is 2.80. The maximum absolute atomic E-state index is 15.4. The molecule has 0 aromatic heterocycles. The van der Waals surface area contributed by atoms with Gasteiger partial charge in [-0.25, -0.2) is 4.21 Å². The average molecular weight is 605 g/mol. The van der Waals surface area contributed by atoms with Gasteiger partial charge in [0.1, 0.15) is 10.8 Å². The van der Waals surface area contributed by atoms with E-state index in [0.29, 0.717) is 31.3 Å². The maximum atomic E-state index is 15.4. The fourth-order valence-corrected chi connectivity index (χ4v) is 9.27. The molecule has 4 nitrogen and oxygen atoms in total. The summed E-state index contributed by atoms with van der Waals surface area (Å²) in [5.41, 5.74) is 1.35. The van der Waals surface area contributed by atoms with Crippen LogP contribution in [0.15, 0.2) is 22.1 Å². The topological polar surface area (TPSA) is 71.4 Å². The molecular weight excluding hydrogens is 566 g/mol. The van der Waals surface area contributed by atoms with Crippen LogP contribution in [-0.4, -0.2) is 33.6 Å². The molecule has 12 heteroatoms. The Morgan fingerprint density at radius 2 is 1.21 bits per heavy atom. The predicted octanol–water partition coefficient (Wildman–Crippen LogP) is 8.39. The molecule has 0 aliphatic heterocycles. The second kappa shape index (κ2) is 11.8. The molecule has 0 amide bonds. The summed E-state index contributed by atoms with van der Waals surface area (Å²) in [5, 5.41) is -12.5. The standard InChI is InChI=1S/C27H38F6O4S2/c28-25(29,27(32,33)39(35,36)37)26(30,31)38(34)24-22(19-12-6-2-7-13-19)16-21(18-10-4-1-5-11-18)17-23(24)20-14-8-3-9-15-20/h16,18-20,23H,1-15,17H2,(H,35,36,37). The highest BCUT2D eigenvalue weighted by atomic mass is 32.2. The summed E-state index contributed by atoms with van der Waals surface area (Å²) in [7, 11) is -10.9. The third-order valence-corrected chi connectivity index (χ3v) is 11.9. The number of hydrogen-bond acceptors (Lipinski definition) is 3. The van der Waals surface area contributed by atoms with Gasteiger partial charge in [-0.15, -0.1) is 0 Å². The number of rotatable bonds is 8. The van der Waals surface area contributed by atoms with E-state index in [1.807, 2.05) is 0 Å². The molecule has 0 saturated heterocycles. The van der Waals surface area contributed by atoms with E-state index in [0.717, 1.165) is 76.2 Å². The van der Waals surface area contributed by atoms with Crippen LogP contribution in [0.2, 0.25) is 0 Å². The Morgan fingerprint density at radius 1 is 0.744 bits per heavy atom. The van der Waals surface area contributed by atoms with Crippen LogP contribution in [0.5, 0.6) is 0 Å². The third kappa shape index (κ3) is 5.90. The van der Waals surface area contributed by atoms with Gasteiger partial charge < -0.3 is 0 Å². The first-order valence-corrected chi connectivity index (χ1v) is 16.8. The van der Waals surface area contributed by atoms with Gasteiger partial charge in [0.05, 0.1) is 0 Å². The number of hydrogen-bond donors (Lipinski definition) is 1. The molecule has 4 aliphatic rings. The minimum absolute atomic E-state index is 0.212. The lowest BCUT2D eigenvalue weighted by atomic mass is 9.68. The van der Waals surface area contributed by atoms with Crippen LogP contribution in [0.3, 0.4) is 0 Å². The molecule has 0 aromatic carbocycles. The second-order valence-electron chi connectivity index (χ2n) is 11.8. The van der Waals surface area contributed by atoms with Crippen molar-refractivity contribution in [1.29, 1.82) is 0 Å². The Kier molecular flexibility index (Phi) is 9.38. The summed E-state index contributed by atoms with van der Waals surface area (Å²) in [6.45, 7) is 0. The zero-order valence-corrected chi connectivity index (χ0v) is 23.6. The summed E-state index contributed by atoms with van der Waals surface area (Å²) in [5.74, 6) is -7.69. The van der Waals surface area contributed by atoms with Crippen molar-refractivity contribution in [2.45, 2.75) is 119 Å². The van der Waals surface area contributed by atoms with Crippen LogP contribution in [0, 0.1) is 23.7 Å².